The average Bonchev–Trinajstić information content (AvgIpc) is 2.32. The van der Waals surface area contributed by atoms with Gasteiger partial charge >= 0.3 is 0 Å². The van der Waals surface area contributed by atoms with Crippen LogP contribution in [0.4, 0.5) is 5.69 Å². The predicted octanol–water partition coefficient (Wildman–Crippen LogP) is 1.95. The summed E-state index contributed by atoms with van der Waals surface area (Å²) in [6.07, 6.45) is 0. The Hall–Kier alpha value is -0.370. The van der Waals surface area contributed by atoms with E-state index in [0.717, 1.165) is 28.9 Å². The van der Waals surface area contributed by atoms with Crippen molar-refractivity contribution in [3.8, 4) is 0 Å². The van der Waals surface area contributed by atoms with Crippen molar-refractivity contribution in [1.82, 2.24) is 10.2 Å². The van der Waals surface area contributed by atoms with Gasteiger partial charge in [0.05, 0.1) is 12.2 Å². The molecule has 1 aliphatic heterocycles. The van der Waals surface area contributed by atoms with Gasteiger partial charge in [0.2, 0.25) is 5.91 Å². The van der Waals surface area contributed by atoms with E-state index in [1.165, 1.54) is 0 Å². The van der Waals surface area contributed by atoms with Gasteiger partial charge in [0.1, 0.15) is 0 Å². The highest BCUT2D eigenvalue weighted by Gasteiger charge is 2.18. The molecule has 106 valence electrons. The number of rotatable bonds is 3. The zero-order valence-electron chi connectivity index (χ0n) is 10.9. The van der Waals surface area contributed by atoms with Crippen LogP contribution < -0.4 is 10.6 Å². The van der Waals surface area contributed by atoms with E-state index in [1.54, 1.807) is 0 Å². The summed E-state index contributed by atoms with van der Waals surface area (Å²) in [5, 5.41) is 6.33. The van der Waals surface area contributed by atoms with Crippen molar-refractivity contribution in [2.75, 3.05) is 31.5 Å². The van der Waals surface area contributed by atoms with Crippen molar-refractivity contribution in [3.63, 3.8) is 0 Å². The van der Waals surface area contributed by atoms with Gasteiger partial charge in [-0.2, -0.15) is 0 Å². The Bertz CT molecular complexity index is 430. The molecule has 1 aromatic carbocycles. The molecule has 1 aromatic rings. The maximum absolute atomic E-state index is 12.0. The molecule has 0 radical (unpaired) electrons. The number of carbonyl (C=O) groups excluding carboxylic acids is 1. The van der Waals surface area contributed by atoms with Gasteiger partial charge in [-0.15, -0.1) is 12.4 Å². The largest absolute Gasteiger partial charge is 0.324 e. The van der Waals surface area contributed by atoms with Crippen molar-refractivity contribution in [2.24, 2.45) is 0 Å². The molecule has 1 saturated heterocycles. The molecule has 1 heterocycles. The Morgan fingerprint density at radius 1 is 1.53 bits per heavy atom. The molecule has 1 unspecified atom stereocenters. The van der Waals surface area contributed by atoms with Crippen LogP contribution in [0.2, 0.25) is 0 Å². The highest BCUT2D eigenvalue weighted by atomic mass is 127. The summed E-state index contributed by atoms with van der Waals surface area (Å²) in [6.45, 7) is 5.43. The Kier molecular flexibility index (Phi) is 7.06. The lowest BCUT2D eigenvalue weighted by Crippen LogP contribution is -2.51. The van der Waals surface area contributed by atoms with Gasteiger partial charge in [-0.3, -0.25) is 9.69 Å². The molecule has 1 fully saturated rings. The second-order valence-corrected chi connectivity index (χ2v) is 5.78. The van der Waals surface area contributed by atoms with E-state index in [1.807, 2.05) is 24.3 Å². The lowest BCUT2D eigenvalue weighted by Gasteiger charge is -2.31. The van der Waals surface area contributed by atoms with Gasteiger partial charge in [-0.25, -0.2) is 0 Å². The first-order chi connectivity index (χ1) is 8.65. The second kappa shape index (κ2) is 8.04. The van der Waals surface area contributed by atoms with Crippen molar-refractivity contribution in [3.05, 3.63) is 27.8 Å². The normalized spacial score (nSPS) is 19.6. The number of halogens is 2. The van der Waals surface area contributed by atoms with Crippen LogP contribution in [0, 0.1) is 3.57 Å². The van der Waals surface area contributed by atoms with E-state index in [0.29, 0.717) is 12.6 Å². The number of anilines is 1. The number of hydrogen-bond acceptors (Lipinski definition) is 3. The minimum atomic E-state index is 0. The van der Waals surface area contributed by atoms with E-state index < -0.39 is 0 Å². The average molecular weight is 396 g/mol. The van der Waals surface area contributed by atoms with Gasteiger partial charge in [0, 0.05) is 29.2 Å². The Balaban J connectivity index is 0.00000180. The molecule has 1 amide bonds. The summed E-state index contributed by atoms with van der Waals surface area (Å²) in [5.41, 5.74) is 0.895. The number of hydrogen-bond donors (Lipinski definition) is 2. The molecule has 19 heavy (non-hydrogen) atoms. The van der Waals surface area contributed by atoms with Crippen LogP contribution in [-0.4, -0.2) is 43.0 Å². The summed E-state index contributed by atoms with van der Waals surface area (Å²) < 4.78 is 1.07. The van der Waals surface area contributed by atoms with Crippen molar-refractivity contribution in [2.45, 2.75) is 13.0 Å². The summed E-state index contributed by atoms with van der Waals surface area (Å²) in [7, 11) is 0. The second-order valence-electron chi connectivity index (χ2n) is 4.62. The molecule has 6 heteroatoms. The van der Waals surface area contributed by atoms with E-state index in [-0.39, 0.29) is 18.3 Å². The minimum Gasteiger partial charge on any atom is -0.324 e. The van der Waals surface area contributed by atoms with Crippen LogP contribution in [-0.2, 0) is 4.79 Å². The third-order valence-electron chi connectivity index (χ3n) is 2.97. The van der Waals surface area contributed by atoms with Crippen LogP contribution in [0.15, 0.2) is 24.3 Å². The third-order valence-corrected chi connectivity index (χ3v) is 3.91. The zero-order chi connectivity index (χ0) is 13.0. The summed E-state index contributed by atoms with van der Waals surface area (Å²) in [6, 6.07) is 8.28. The number of nitrogens with one attached hydrogen (secondary N) is 2. The predicted molar refractivity (Wildman–Crippen MR) is 88.9 cm³/mol. The molecular weight excluding hydrogens is 377 g/mol. The first-order valence-electron chi connectivity index (χ1n) is 6.15. The number of carbonyl (C=O) groups is 1. The quantitative estimate of drug-likeness (QED) is 0.769. The van der Waals surface area contributed by atoms with Crippen molar-refractivity contribution < 1.29 is 4.79 Å². The topological polar surface area (TPSA) is 44.4 Å². The fraction of sp³-hybridized carbons (Fsp3) is 0.462. The maximum atomic E-state index is 12.0. The third kappa shape index (κ3) is 5.25. The Labute approximate surface area is 133 Å². The van der Waals surface area contributed by atoms with Crippen LogP contribution >= 0.6 is 35.0 Å². The smallest absolute Gasteiger partial charge is 0.238 e. The summed E-state index contributed by atoms with van der Waals surface area (Å²) >= 11 is 2.23. The van der Waals surface area contributed by atoms with Gasteiger partial charge < -0.3 is 10.6 Å². The molecule has 1 atom stereocenters. The van der Waals surface area contributed by atoms with Gasteiger partial charge in [0.25, 0.3) is 0 Å². The molecule has 4 nitrogen and oxygen atoms in total. The fourth-order valence-corrected chi connectivity index (χ4v) is 2.63. The lowest BCUT2D eigenvalue weighted by atomic mass is 10.2. The SMILES string of the molecule is CC1CN(CC(=O)Nc2ccccc2I)CCN1.Cl. The number of nitrogens with zero attached hydrogens (tertiary/aromatic N) is 1. The van der Waals surface area contributed by atoms with Gasteiger partial charge in [0.15, 0.2) is 0 Å². The van der Waals surface area contributed by atoms with Crippen LogP contribution in [0.25, 0.3) is 0 Å². The zero-order valence-corrected chi connectivity index (χ0v) is 13.8. The van der Waals surface area contributed by atoms with Crippen molar-refractivity contribution >= 4 is 46.6 Å². The maximum Gasteiger partial charge on any atom is 0.238 e. The van der Waals surface area contributed by atoms with Gasteiger partial charge in [-0.05, 0) is 41.6 Å². The monoisotopic (exact) mass is 395 g/mol. The highest BCUT2D eigenvalue weighted by molar-refractivity contribution is 14.1. The minimum absolute atomic E-state index is 0. The molecule has 0 bridgehead atoms. The van der Waals surface area contributed by atoms with Gasteiger partial charge in [-0.1, -0.05) is 12.1 Å². The Morgan fingerprint density at radius 3 is 2.95 bits per heavy atom. The van der Waals surface area contributed by atoms with Crippen LogP contribution in [0.5, 0.6) is 0 Å². The van der Waals surface area contributed by atoms with Crippen molar-refractivity contribution in [1.29, 1.82) is 0 Å². The van der Waals surface area contributed by atoms with E-state index in [2.05, 4.69) is 45.0 Å². The number of piperazine rings is 1. The molecule has 2 N–H and O–H groups in total. The lowest BCUT2D eigenvalue weighted by molar-refractivity contribution is -0.117. The number of para-hydroxylation sites is 1. The molecule has 0 saturated carbocycles. The first kappa shape index (κ1) is 16.7. The molecular formula is C13H19ClIN3O. The van der Waals surface area contributed by atoms with E-state index in [9.17, 15) is 4.79 Å². The molecule has 1 aliphatic rings. The van der Waals surface area contributed by atoms with E-state index >= 15 is 0 Å². The summed E-state index contributed by atoms with van der Waals surface area (Å²) in [4.78, 5) is 14.1. The molecule has 0 aliphatic carbocycles. The standard InChI is InChI=1S/C13H18IN3O.ClH/c1-10-8-17(7-6-15-10)9-13(18)16-12-5-3-2-4-11(12)14;/h2-5,10,15H,6-9H2,1H3,(H,16,18);1H. The fourth-order valence-electron chi connectivity index (χ4n) is 2.11. The number of amides is 1. The van der Waals surface area contributed by atoms with Crippen LogP contribution in [0.3, 0.4) is 0 Å². The number of benzene rings is 1. The van der Waals surface area contributed by atoms with E-state index in [4.69, 9.17) is 0 Å². The molecule has 0 aromatic heterocycles. The highest BCUT2D eigenvalue weighted by Crippen LogP contribution is 2.16. The molecule has 0 spiro atoms. The molecule has 2 rings (SSSR count). The Morgan fingerprint density at radius 2 is 2.26 bits per heavy atom. The first-order valence-corrected chi connectivity index (χ1v) is 7.23. The van der Waals surface area contributed by atoms with Crippen LogP contribution in [0.1, 0.15) is 6.92 Å². The summed E-state index contributed by atoms with van der Waals surface area (Å²) in [5.74, 6) is 0.0632.